The van der Waals surface area contributed by atoms with E-state index in [4.69, 9.17) is 0 Å². The second-order valence-corrected chi connectivity index (χ2v) is 3.91. The molecule has 18 heavy (non-hydrogen) atoms. The zero-order chi connectivity index (χ0) is 13.0. The number of allylic oxidation sites excluding steroid dienone is 1. The highest BCUT2D eigenvalue weighted by Gasteiger charge is 2.08. The summed E-state index contributed by atoms with van der Waals surface area (Å²) < 4.78 is 1.72. The smallest absolute Gasteiger partial charge is 0.249 e. The first kappa shape index (κ1) is 12.1. The molecule has 0 unspecified atom stereocenters. The van der Waals surface area contributed by atoms with Crippen LogP contribution in [0.15, 0.2) is 48.6 Å². The Balaban J connectivity index is 2.34. The molecule has 92 valence electrons. The first-order valence-electron chi connectivity index (χ1n) is 5.76. The van der Waals surface area contributed by atoms with E-state index < -0.39 is 0 Å². The first-order chi connectivity index (χ1) is 8.70. The van der Waals surface area contributed by atoms with Gasteiger partial charge in [-0.05, 0) is 32.1 Å². The van der Waals surface area contributed by atoms with Crippen LogP contribution >= 0.6 is 0 Å². The lowest BCUT2D eigenvalue weighted by atomic mass is 10.3. The Bertz CT molecular complexity index is 570. The molecule has 0 aliphatic carbocycles. The summed E-state index contributed by atoms with van der Waals surface area (Å²) in [6, 6.07) is 11.5. The van der Waals surface area contributed by atoms with Gasteiger partial charge in [-0.2, -0.15) is 5.10 Å². The van der Waals surface area contributed by atoms with Crippen LogP contribution in [0.2, 0.25) is 0 Å². The van der Waals surface area contributed by atoms with Gasteiger partial charge in [0.05, 0.1) is 11.4 Å². The number of nitrogens with zero attached hydrogens (tertiary/aromatic N) is 2. The van der Waals surface area contributed by atoms with Crippen molar-refractivity contribution in [2.24, 2.45) is 0 Å². The van der Waals surface area contributed by atoms with E-state index in [0.29, 0.717) is 5.82 Å². The van der Waals surface area contributed by atoms with Crippen LogP contribution in [0.25, 0.3) is 5.69 Å². The van der Waals surface area contributed by atoms with Crippen LogP contribution in [0.4, 0.5) is 5.82 Å². The van der Waals surface area contributed by atoms with E-state index in [1.165, 1.54) is 6.08 Å². The average Bonchev–Trinajstić information content (AvgIpc) is 2.71. The number of anilines is 1. The van der Waals surface area contributed by atoms with Gasteiger partial charge in [-0.3, -0.25) is 4.79 Å². The number of amides is 1. The Labute approximate surface area is 106 Å². The number of hydrogen-bond acceptors (Lipinski definition) is 2. The fourth-order valence-corrected chi connectivity index (χ4v) is 1.67. The van der Waals surface area contributed by atoms with Crippen molar-refractivity contribution in [2.45, 2.75) is 13.8 Å². The summed E-state index contributed by atoms with van der Waals surface area (Å²) >= 11 is 0. The maximum atomic E-state index is 11.6. The maximum absolute atomic E-state index is 11.6. The van der Waals surface area contributed by atoms with Gasteiger partial charge in [0.15, 0.2) is 0 Å². The molecule has 0 aliphatic heterocycles. The Morgan fingerprint density at radius 3 is 2.72 bits per heavy atom. The third-order valence-corrected chi connectivity index (χ3v) is 2.40. The van der Waals surface area contributed by atoms with E-state index in [1.807, 2.05) is 43.3 Å². The molecule has 1 heterocycles. The molecular formula is C14H15N3O. The standard InChI is InChI=1S/C14H15N3O/c1-3-7-14(18)15-13-10-11(2)16-17(13)12-8-5-4-6-9-12/h3-10H,1-2H3,(H,15,18). The van der Waals surface area contributed by atoms with E-state index in [0.717, 1.165) is 11.4 Å². The van der Waals surface area contributed by atoms with E-state index in [-0.39, 0.29) is 5.91 Å². The Morgan fingerprint density at radius 1 is 1.33 bits per heavy atom. The number of hydrogen-bond donors (Lipinski definition) is 1. The lowest BCUT2D eigenvalue weighted by Crippen LogP contribution is -2.12. The van der Waals surface area contributed by atoms with Gasteiger partial charge in [-0.15, -0.1) is 0 Å². The van der Waals surface area contributed by atoms with Gasteiger partial charge in [0, 0.05) is 6.07 Å². The number of benzene rings is 1. The highest BCUT2D eigenvalue weighted by molar-refractivity contribution is 5.98. The molecule has 4 nitrogen and oxygen atoms in total. The molecule has 2 aromatic rings. The topological polar surface area (TPSA) is 46.9 Å². The van der Waals surface area contributed by atoms with Gasteiger partial charge < -0.3 is 5.32 Å². The summed E-state index contributed by atoms with van der Waals surface area (Å²) in [4.78, 5) is 11.6. The predicted octanol–water partition coefficient (Wildman–Crippen LogP) is 2.70. The van der Waals surface area contributed by atoms with E-state index in [2.05, 4.69) is 10.4 Å². The number of aromatic nitrogens is 2. The molecule has 1 amide bonds. The van der Waals surface area contributed by atoms with Gasteiger partial charge in [0.1, 0.15) is 5.82 Å². The summed E-state index contributed by atoms with van der Waals surface area (Å²) in [7, 11) is 0. The zero-order valence-electron chi connectivity index (χ0n) is 10.4. The Morgan fingerprint density at radius 2 is 2.06 bits per heavy atom. The van der Waals surface area contributed by atoms with Crippen molar-refractivity contribution in [3.8, 4) is 5.69 Å². The van der Waals surface area contributed by atoms with Crippen LogP contribution in [-0.2, 0) is 4.79 Å². The van der Waals surface area contributed by atoms with Crippen molar-refractivity contribution in [2.75, 3.05) is 5.32 Å². The van der Waals surface area contributed by atoms with Crippen LogP contribution in [0, 0.1) is 6.92 Å². The van der Waals surface area contributed by atoms with Crippen molar-refractivity contribution in [3.05, 3.63) is 54.2 Å². The molecule has 1 aromatic carbocycles. The van der Waals surface area contributed by atoms with Gasteiger partial charge >= 0.3 is 0 Å². The summed E-state index contributed by atoms with van der Waals surface area (Å²) in [5.41, 5.74) is 1.77. The van der Waals surface area contributed by atoms with Crippen molar-refractivity contribution >= 4 is 11.7 Å². The van der Waals surface area contributed by atoms with Crippen LogP contribution in [0.1, 0.15) is 12.6 Å². The molecule has 0 saturated heterocycles. The van der Waals surface area contributed by atoms with E-state index in [9.17, 15) is 4.79 Å². The zero-order valence-corrected chi connectivity index (χ0v) is 10.4. The number of carbonyl (C=O) groups is 1. The van der Waals surface area contributed by atoms with Gasteiger partial charge in [0.2, 0.25) is 5.91 Å². The third kappa shape index (κ3) is 2.66. The molecule has 0 fully saturated rings. The van der Waals surface area contributed by atoms with Gasteiger partial charge in [0.25, 0.3) is 0 Å². The minimum atomic E-state index is -0.158. The molecule has 1 N–H and O–H groups in total. The third-order valence-electron chi connectivity index (χ3n) is 2.40. The van der Waals surface area contributed by atoms with Crippen LogP contribution < -0.4 is 5.32 Å². The molecule has 4 heteroatoms. The predicted molar refractivity (Wildman–Crippen MR) is 71.7 cm³/mol. The lowest BCUT2D eigenvalue weighted by Gasteiger charge is -2.07. The number of rotatable bonds is 3. The van der Waals surface area contributed by atoms with Crippen molar-refractivity contribution < 1.29 is 4.79 Å². The minimum Gasteiger partial charge on any atom is -0.307 e. The van der Waals surface area contributed by atoms with Crippen LogP contribution in [-0.4, -0.2) is 15.7 Å². The van der Waals surface area contributed by atoms with Crippen molar-refractivity contribution in [1.29, 1.82) is 0 Å². The van der Waals surface area contributed by atoms with Crippen molar-refractivity contribution in [3.63, 3.8) is 0 Å². The normalized spacial score (nSPS) is 10.8. The first-order valence-corrected chi connectivity index (χ1v) is 5.76. The Kier molecular flexibility index (Phi) is 3.57. The molecule has 0 bridgehead atoms. The van der Waals surface area contributed by atoms with Gasteiger partial charge in [-0.25, -0.2) is 4.68 Å². The molecule has 2 rings (SSSR count). The number of aryl methyl sites for hydroxylation is 1. The summed E-state index contributed by atoms with van der Waals surface area (Å²) in [6.07, 6.45) is 3.18. The SMILES string of the molecule is CC=CC(=O)Nc1cc(C)nn1-c1ccccc1. The molecule has 1 aromatic heterocycles. The largest absolute Gasteiger partial charge is 0.307 e. The number of para-hydroxylation sites is 1. The highest BCUT2D eigenvalue weighted by atomic mass is 16.1. The summed E-state index contributed by atoms with van der Waals surface area (Å²) in [6.45, 7) is 3.70. The fourth-order valence-electron chi connectivity index (χ4n) is 1.67. The molecule has 0 atom stereocenters. The quantitative estimate of drug-likeness (QED) is 0.840. The Hall–Kier alpha value is -2.36. The molecule has 0 aliphatic rings. The maximum Gasteiger partial charge on any atom is 0.249 e. The van der Waals surface area contributed by atoms with Gasteiger partial charge in [-0.1, -0.05) is 24.3 Å². The second kappa shape index (κ2) is 5.31. The van der Waals surface area contributed by atoms with E-state index >= 15 is 0 Å². The molecule has 0 saturated carbocycles. The molecule has 0 radical (unpaired) electrons. The number of carbonyl (C=O) groups excluding carboxylic acids is 1. The molecular weight excluding hydrogens is 226 g/mol. The van der Waals surface area contributed by atoms with Crippen LogP contribution in [0.5, 0.6) is 0 Å². The van der Waals surface area contributed by atoms with Crippen LogP contribution in [0.3, 0.4) is 0 Å². The van der Waals surface area contributed by atoms with Crippen molar-refractivity contribution in [1.82, 2.24) is 9.78 Å². The minimum absolute atomic E-state index is 0.158. The number of nitrogens with one attached hydrogen (secondary N) is 1. The van der Waals surface area contributed by atoms with E-state index in [1.54, 1.807) is 17.7 Å². The molecule has 0 spiro atoms. The lowest BCUT2D eigenvalue weighted by molar-refractivity contribution is -0.111. The highest BCUT2D eigenvalue weighted by Crippen LogP contribution is 2.16. The average molecular weight is 241 g/mol. The second-order valence-electron chi connectivity index (χ2n) is 3.91. The summed E-state index contributed by atoms with van der Waals surface area (Å²) in [5, 5.41) is 7.18. The summed E-state index contributed by atoms with van der Waals surface area (Å²) in [5.74, 6) is 0.511. The fraction of sp³-hybridized carbons (Fsp3) is 0.143. The monoisotopic (exact) mass is 241 g/mol.